The number of hydrogen-bond acceptors (Lipinski definition) is 4. The zero-order chi connectivity index (χ0) is 29.4. The van der Waals surface area contributed by atoms with Crippen LogP contribution in [-0.4, -0.2) is 50.0 Å². The molecule has 0 radical (unpaired) electrons. The van der Waals surface area contributed by atoms with Crippen molar-refractivity contribution in [3.63, 3.8) is 0 Å². The highest BCUT2D eigenvalue weighted by atomic mass is 79.9. The first-order valence-electron chi connectivity index (χ1n) is 13.7. The molecule has 10 heteroatoms. The molecule has 4 rings (SSSR count). The van der Waals surface area contributed by atoms with Crippen LogP contribution in [0.25, 0.3) is 0 Å². The Bertz CT molecular complexity index is 1430. The van der Waals surface area contributed by atoms with Crippen LogP contribution in [0.2, 0.25) is 5.02 Å². The first-order valence-corrected chi connectivity index (χ1v) is 16.7. The second-order valence-electron chi connectivity index (χ2n) is 10.4. The lowest BCUT2D eigenvalue weighted by molar-refractivity contribution is -0.140. The molecule has 3 aromatic carbocycles. The molecule has 0 bridgehead atoms. The standard InChI is InChI=1S/C31H35BrClN3O4S/c1-41(39,40)36(28-17-15-26(33)16-18-28)22-30(37)35(21-24-11-8-12-25(32)19-24)29(20-23-9-4-2-5-10-23)31(38)34-27-13-6-3-7-14-27/h2,4-5,8-12,15-19,27,29H,3,6-7,13-14,20-22H2,1H3,(H,34,38)/t29-/m0/s1. The summed E-state index contributed by atoms with van der Waals surface area (Å²) in [5.41, 5.74) is 2.04. The van der Waals surface area contributed by atoms with Crippen LogP contribution < -0.4 is 9.62 Å². The molecule has 0 aliphatic heterocycles. The molecule has 1 N–H and O–H groups in total. The van der Waals surface area contributed by atoms with Gasteiger partial charge in [0.25, 0.3) is 0 Å². The fraction of sp³-hybridized carbons (Fsp3) is 0.355. The van der Waals surface area contributed by atoms with E-state index in [2.05, 4.69) is 21.2 Å². The summed E-state index contributed by atoms with van der Waals surface area (Å²) >= 11 is 9.53. The van der Waals surface area contributed by atoms with Gasteiger partial charge < -0.3 is 10.2 Å². The zero-order valence-electron chi connectivity index (χ0n) is 23.0. The van der Waals surface area contributed by atoms with Crippen LogP contribution in [-0.2, 0) is 32.6 Å². The van der Waals surface area contributed by atoms with Crippen molar-refractivity contribution in [1.29, 1.82) is 0 Å². The Balaban J connectivity index is 1.71. The Morgan fingerprint density at radius 1 is 0.951 bits per heavy atom. The molecule has 0 heterocycles. The molecule has 2 amide bonds. The van der Waals surface area contributed by atoms with Crippen LogP contribution >= 0.6 is 27.5 Å². The van der Waals surface area contributed by atoms with Gasteiger partial charge in [0.2, 0.25) is 21.8 Å². The highest BCUT2D eigenvalue weighted by Crippen LogP contribution is 2.24. The smallest absolute Gasteiger partial charge is 0.244 e. The SMILES string of the molecule is CS(=O)(=O)N(CC(=O)N(Cc1cccc(Br)c1)[C@@H](Cc1ccccc1)C(=O)NC1CCCCC1)c1ccc(Cl)cc1. The molecule has 3 aromatic rings. The third-order valence-corrected chi connectivity index (χ3v) is 9.14. The number of benzene rings is 3. The van der Waals surface area contributed by atoms with Crippen LogP contribution in [0.5, 0.6) is 0 Å². The van der Waals surface area contributed by atoms with E-state index in [1.807, 2.05) is 54.6 Å². The third kappa shape index (κ3) is 9.05. The summed E-state index contributed by atoms with van der Waals surface area (Å²) in [5, 5.41) is 3.66. The highest BCUT2D eigenvalue weighted by molar-refractivity contribution is 9.10. The molecule has 218 valence electrons. The predicted octanol–water partition coefficient (Wildman–Crippen LogP) is 5.96. The van der Waals surface area contributed by atoms with E-state index in [9.17, 15) is 18.0 Å². The van der Waals surface area contributed by atoms with E-state index < -0.39 is 28.5 Å². The van der Waals surface area contributed by atoms with Gasteiger partial charge >= 0.3 is 0 Å². The van der Waals surface area contributed by atoms with Crippen molar-refractivity contribution in [2.24, 2.45) is 0 Å². The molecule has 1 atom stereocenters. The van der Waals surface area contributed by atoms with E-state index >= 15 is 0 Å². The highest BCUT2D eigenvalue weighted by Gasteiger charge is 2.34. The number of carbonyl (C=O) groups is 2. The Morgan fingerprint density at radius 3 is 2.24 bits per heavy atom. The summed E-state index contributed by atoms with van der Waals surface area (Å²) in [7, 11) is -3.83. The van der Waals surface area contributed by atoms with E-state index in [0.29, 0.717) is 17.1 Å². The lowest BCUT2D eigenvalue weighted by Crippen LogP contribution is -2.55. The molecule has 0 spiro atoms. The Kier molecular flexibility index (Phi) is 10.9. The fourth-order valence-corrected chi connectivity index (χ4v) is 6.57. The van der Waals surface area contributed by atoms with E-state index in [-0.39, 0.29) is 18.5 Å². The van der Waals surface area contributed by atoms with Gasteiger partial charge in [-0.3, -0.25) is 13.9 Å². The minimum atomic E-state index is -3.83. The monoisotopic (exact) mass is 659 g/mol. The number of amides is 2. The quantitative estimate of drug-likeness (QED) is 0.275. The minimum absolute atomic E-state index is 0.0546. The van der Waals surface area contributed by atoms with Gasteiger partial charge in [-0.2, -0.15) is 0 Å². The summed E-state index contributed by atoms with van der Waals surface area (Å²) in [4.78, 5) is 29.6. The van der Waals surface area contributed by atoms with Crippen molar-refractivity contribution < 1.29 is 18.0 Å². The second kappa shape index (κ2) is 14.3. The maximum atomic E-state index is 14.2. The first kappa shape index (κ1) is 31.1. The van der Waals surface area contributed by atoms with Crippen LogP contribution in [0, 0.1) is 0 Å². The lowest BCUT2D eigenvalue weighted by Gasteiger charge is -2.35. The molecular weight excluding hydrogens is 626 g/mol. The van der Waals surface area contributed by atoms with Crippen LogP contribution in [0.15, 0.2) is 83.3 Å². The van der Waals surface area contributed by atoms with Gasteiger partial charge in [-0.25, -0.2) is 8.42 Å². The molecule has 1 fully saturated rings. The van der Waals surface area contributed by atoms with E-state index in [4.69, 9.17) is 11.6 Å². The van der Waals surface area contributed by atoms with Crippen LogP contribution in [0.4, 0.5) is 5.69 Å². The molecule has 1 aliphatic carbocycles. The number of nitrogens with zero attached hydrogens (tertiary/aromatic N) is 2. The molecule has 0 saturated heterocycles. The Hall–Kier alpha value is -2.88. The number of sulfonamides is 1. The maximum absolute atomic E-state index is 14.2. The van der Waals surface area contributed by atoms with Crippen molar-refractivity contribution in [2.75, 3.05) is 17.1 Å². The van der Waals surface area contributed by atoms with E-state index in [0.717, 1.165) is 58.3 Å². The Morgan fingerprint density at radius 2 is 1.61 bits per heavy atom. The average molecular weight is 661 g/mol. The van der Waals surface area contributed by atoms with Gasteiger partial charge in [0.15, 0.2) is 0 Å². The van der Waals surface area contributed by atoms with Gasteiger partial charge in [-0.1, -0.05) is 89.3 Å². The van der Waals surface area contributed by atoms with Crippen LogP contribution in [0.3, 0.4) is 0 Å². The molecule has 7 nitrogen and oxygen atoms in total. The van der Waals surface area contributed by atoms with Gasteiger partial charge in [0.1, 0.15) is 12.6 Å². The molecule has 1 aliphatic rings. The number of carbonyl (C=O) groups excluding carboxylic acids is 2. The molecule has 0 unspecified atom stereocenters. The van der Waals surface area contributed by atoms with Gasteiger partial charge in [-0.05, 0) is 60.4 Å². The largest absolute Gasteiger partial charge is 0.352 e. The van der Waals surface area contributed by atoms with E-state index in [1.54, 1.807) is 24.3 Å². The van der Waals surface area contributed by atoms with Gasteiger partial charge in [-0.15, -0.1) is 0 Å². The molecular formula is C31H35BrClN3O4S. The summed E-state index contributed by atoms with van der Waals surface area (Å²) in [6.45, 7) is -0.331. The fourth-order valence-electron chi connectivity index (χ4n) is 5.15. The zero-order valence-corrected chi connectivity index (χ0v) is 26.2. The summed E-state index contributed by atoms with van der Waals surface area (Å²) < 4.78 is 27.6. The first-order chi connectivity index (χ1) is 19.6. The minimum Gasteiger partial charge on any atom is -0.352 e. The topological polar surface area (TPSA) is 86.8 Å². The van der Waals surface area contributed by atoms with Crippen molar-refractivity contribution in [2.45, 2.75) is 57.2 Å². The number of rotatable bonds is 11. The maximum Gasteiger partial charge on any atom is 0.244 e. The summed E-state index contributed by atoms with van der Waals surface area (Å²) in [6.07, 6.45) is 6.42. The van der Waals surface area contributed by atoms with Gasteiger partial charge in [0, 0.05) is 28.5 Å². The van der Waals surface area contributed by atoms with Gasteiger partial charge in [0.05, 0.1) is 11.9 Å². The average Bonchev–Trinajstić information content (AvgIpc) is 2.94. The lowest BCUT2D eigenvalue weighted by atomic mass is 9.94. The van der Waals surface area contributed by atoms with Crippen molar-refractivity contribution in [3.05, 3.63) is 99.5 Å². The van der Waals surface area contributed by atoms with Crippen LogP contribution in [0.1, 0.15) is 43.2 Å². The second-order valence-corrected chi connectivity index (χ2v) is 13.7. The van der Waals surface area contributed by atoms with E-state index in [1.165, 1.54) is 4.90 Å². The molecule has 0 aromatic heterocycles. The number of nitrogens with one attached hydrogen (secondary N) is 1. The van der Waals surface area contributed by atoms with Crippen molar-refractivity contribution in [1.82, 2.24) is 10.2 Å². The Labute approximate surface area is 256 Å². The molecule has 41 heavy (non-hydrogen) atoms. The number of halogens is 2. The summed E-state index contributed by atoms with van der Waals surface area (Å²) in [6, 6.07) is 22.6. The van der Waals surface area contributed by atoms with Crippen molar-refractivity contribution in [3.8, 4) is 0 Å². The summed E-state index contributed by atoms with van der Waals surface area (Å²) in [5.74, 6) is -0.716. The van der Waals surface area contributed by atoms with Crippen molar-refractivity contribution >= 4 is 55.1 Å². The molecule has 1 saturated carbocycles. The predicted molar refractivity (Wildman–Crippen MR) is 167 cm³/mol. The normalized spacial score (nSPS) is 14.7. The number of hydrogen-bond donors (Lipinski definition) is 1. The number of anilines is 1. The third-order valence-electron chi connectivity index (χ3n) is 7.26.